The van der Waals surface area contributed by atoms with Crippen molar-refractivity contribution in [1.29, 1.82) is 0 Å². The number of ether oxygens (including phenoxy) is 1. The number of hydrogen-bond acceptors (Lipinski definition) is 3. The Morgan fingerprint density at radius 2 is 2.00 bits per heavy atom. The summed E-state index contributed by atoms with van der Waals surface area (Å²) >= 11 is 0. The number of carbonyl (C=O) groups is 1. The molecule has 13 heavy (non-hydrogen) atoms. The molecule has 0 radical (unpaired) electrons. The van der Waals surface area contributed by atoms with Crippen molar-refractivity contribution in [1.82, 2.24) is 4.73 Å². The van der Waals surface area contributed by atoms with E-state index in [0.29, 0.717) is 17.0 Å². The van der Waals surface area contributed by atoms with Crippen molar-refractivity contribution in [3.05, 3.63) is 0 Å². The lowest BCUT2D eigenvalue weighted by atomic mass is 10.5. The highest BCUT2D eigenvalue weighted by atomic mass is 28.4. The van der Waals surface area contributed by atoms with Gasteiger partial charge in [-0.2, -0.15) is 0 Å². The maximum atomic E-state index is 11.2. The van der Waals surface area contributed by atoms with E-state index in [0.717, 1.165) is 6.42 Å². The third-order valence-corrected chi connectivity index (χ3v) is 2.83. The SMILES string of the molecule is CCCOC(=O)N([SiH3])O[Si](C)(C)C. The zero-order valence-corrected chi connectivity index (χ0v) is 12.1. The quantitative estimate of drug-likeness (QED) is 0.522. The minimum Gasteiger partial charge on any atom is -0.449 e. The van der Waals surface area contributed by atoms with Gasteiger partial charge in [-0.3, -0.25) is 0 Å². The number of carbonyl (C=O) groups excluding carboxylic acids is 1. The van der Waals surface area contributed by atoms with Gasteiger partial charge < -0.3 is 9.26 Å². The normalized spacial score (nSPS) is 11.4. The second kappa shape index (κ2) is 5.41. The Morgan fingerprint density at radius 3 is 2.38 bits per heavy atom. The maximum Gasteiger partial charge on any atom is 0.423 e. The van der Waals surface area contributed by atoms with Crippen LogP contribution in [0.4, 0.5) is 4.79 Å². The summed E-state index contributed by atoms with van der Waals surface area (Å²) in [4.78, 5) is 11.2. The van der Waals surface area contributed by atoms with Crippen LogP contribution in [0.25, 0.3) is 0 Å². The smallest absolute Gasteiger partial charge is 0.423 e. The van der Waals surface area contributed by atoms with Crippen LogP contribution >= 0.6 is 0 Å². The monoisotopic (exact) mass is 221 g/mol. The van der Waals surface area contributed by atoms with Crippen LogP contribution in [0.15, 0.2) is 0 Å². The first-order chi connectivity index (χ1) is 5.87. The van der Waals surface area contributed by atoms with E-state index in [1.165, 1.54) is 4.73 Å². The molecule has 0 aliphatic carbocycles. The van der Waals surface area contributed by atoms with E-state index in [2.05, 4.69) is 0 Å². The van der Waals surface area contributed by atoms with Gasteiger partial charge in [-0.05, 0) is 26.1 Å². The van der Waals surface area contributed by atoms with Gasteiger partial charge in [0.25, 0.3) is 0 Å². The van der Waals surface area contributed by atoms with Crippen LogP contribution in [0, 0.1) is 0 Å². The van der Waals surface area contributed by atoms with Crippen molar-refractivity contribution in [3.8, 4) is 0 Å². The molecule has 0 saturated carbocycles. The van der Waals surface area contributed by atoms with Gasteiger partial charge in [-0.25, -0.2) is 9.52 Å². The third-order valence-electron chi connectivity index (χ3n) is 1.10. The van der Waals surface area contributed by atoms with Crippen LogP contribution in [0.1, 0.15) is 13.3 Å². The highest BCUT2D eigenvalue weighted by Gasteiger charge is 2.21. The van der Waals surface area contributed by atoms with Crippen LogP contribution in [-0.4, -0.2) is 36.2 Å². The van der Waals surface area contributed by atoms with Crippen LogP contribution in [0.3, 0.4) is 0 Å². The van der Waals surface area contributed by atoms with Crippen molar-refractivity contribution in [2.75, 3.05) is 6.61 Å². The van der Waals surface area contributed by atoms with Gasteiger partial charge >= 0.3 is 6.09 Å². The minimum absolute atomic E-state index is 0.351. The van der Waals surface area contributed by atoms with Gasteiger partial charge in [-0.1, -0.05) is 6.92 Å². The number of amides is 1. The van der Waals surface area contributed by atoms with Crippen molar-refractivity contribution in [3.63, 3.8) is 0 Å². The summed E-state index contributed by atoms with van der Waals surface area (Å²) in [5, 5.41) is 0. The number of hydrogen-bond donors (Lipinski definition) is 0. The molecule has 0 aromatic heterocycles. The van der Waals surface area contributed by atoms with Crippen molar-refractivity contribution in [2.45, 2.75) is 33.0 Å². The van der Waals surface area contributed by atoms with E-state index in [1.807, 2.05) is 26.6 Å². The Bertz CT molecular complexity index is 170. The standard InChI is InChI=1S/C7H19NO3Si2/c1-5-6-10-7(9)8(12)11-13(2,3)4/h5-6H2,1-4,12H3. The van der Waals surface area contributed by atoms with E-state index in [-0.39, 0.29) is 6.09 Å². The molecule has 0 aromatic rings. The lowest BCUT2D eigenvalue weighted by Crippen LogP contribution is -2.39. The van der Waals surface area contributed by atoms with E-state index >= 15 is 0 Å². The average Bonchev–Trinajstić information content (AvgIpc) is 1.96. The molecule has 0 bridgehead atoms. The van der Waals surface area contributed by atoms with Crippen LogP contribution in [-0.2, 0) is 9.26 Å². The Hall–Kier alpha value is -0.336. The lowest BCUT2D eigenvalue weighted by Gasteiger charge is -2.25. The topological polar surface area (TPSA) is 38.8 Å². The molecule has 78 valence electrons. The first-order valence-electron chi connectivity index (χ1n) is 4.46. The third kappa shape index (κ3) is 6.79. The second-order valence-corrected chi connectivity index (χ2v) is 9.04. The van der Waals surface area contributed by atoms with E-state index in [9.17, 15) is 4.79 Å². The molecule has 0 aliphatic heterocycles. The van der Waals surface area contributed by atoms with Gasteiger partial charge in [0.2, 0.25) is 8.32 Å². The van der Waals surface area contributed by atoms with E-state index in [1.54, 1.807) is 0 Å². The lowest BCUT2D eigenvalue weighted by molar-refractivity contribution is 0.0140. The molecule has 0 spiro atoms. The molecule has 0 atom stereocenters. The summed E-state index contributed by atoms with van der Waals surface area (Å²) in [5.41, 5.74) is 0. The summed E-state index contributed by atoms with van der Waals surface area (Å²) in [6, 6.07) is 0. The van der Waals surface area contributed by atoms with Gasteiger partial charge in [0.15, 0.2) is 10.4 Å². The van der Waals surface area contributed by atoms with Crippen LogP contribution in [0.5, 0.6) is 0 Å². The van der Waals surface area contributed by atoms with Crippen LogP contribution in [0.2, 0.25) is 19.6 Å². The molecule has 6 heteroatoms. The molecule has 0 N–H and O–H groups in total. The van der Waals surface area contributed by atoms with Gasteiger partial charge in [-0.15, -0.1) is 0 Å². The molecule has 0 heterocycles. The second-order valence-electron chi connectivity index (χ2n) is 3.82. The molecule has 4 nitrogen and oxygen atoms in total. The van der Waals surface area contributed by atoms with Gasteiger partial charge in [0, 0.05) is 0 Å². The Morgan fingerprint density at radius 1 is 1.46 bits per heavy atom. The number of rotatable bonds is 4. The Balaban J connectivity index is 3.83. The Labute approximate surface area is 83.8 Å². The summed E-state index contributed by atoms with van der Waals surface area (Å²) in [6.07, 6.45) is 0.490. The van der Waals surface area contributed by atoms with Crippen molar-refractivity contribution < 1.29 is 14.1 Å². The van der Waals surface area contributed by atoms with Gasteiger partial charge in [0.1, 0.15) is 0 Å². The van der Waals surface area contributed by atoms with Crippen molar-refractivity contribution >= 4 is 24.8 Å². The van der Waals surface area contributed by atoms with E-state index in [4.69, 9.17) is 9.26 Å². The zero-order chi connectivity index (χ0) is 10.5. The van der Waals surface area contributed by atoms with E-state index < -0.39 is 8.32 Å². The molecule has 0 rings (SSSR count). The highest BCUT2D eigenvalue weighted by molar-refractivity contribution is 6.69. The van der Waals surface area contributed by atoms with Crippen LogP contribution < -0.4 is 0 Å². The summed E-state index contributed by atoms with van der Waals surface area (Å²) in [6.45, 7) is 8.53. The summed E-state index contributed by atoms with van der Waals surface area (Å²) in [7, 11) is -1.12. The molecular weight excluding hydrogens is 202 g/mol. The number of nitrogens with zero attached hydrogens (tertiary/aromatic N) is 1. The molecule has 0 fully saturated rings. The molecule has 0 saturated heterocycles. The predicted octanol–water partition coefficient (Wildman–Crippen LogP) is 0.882. The zero-order valence-electron chi connectivity index (χ0n) is 9.09. The fourth-order valence-electron chi connectivity index (χ4n) is 0.728. The number of hydroxylamine groups is 1. The summed E-state index contributed by atoms with van der Waals surface area (Å²) in [5.74, 6) is 0. The average molecular weight is 221 g/mol. The highest BCUT2D eigenvalue weighted by Crippen LogP contribution is 2.05. The summed E-state index contributed by atoms with van der Waals surface area (Å²) < 4.78 is 11.7. The largest absolute Gasteiger partial charge is 0.449 e. The van der Waals surface area contributed by atoms with Crippen molar-refractivity contribution in [2.24, 2.45) is 0 Å². The fraction of sp³-hybridized carbons (Fsp3) is 0.857. The molecule has 0 unspecified atom stereocenters. The predicted molar refractivity (Wildman–Crippen MR) is 57.8 cm³/mol. The fourth-order valence-corrected chi connectivity index (χ4v) is 3.40. The van der Waals surface area contributed by atoms with Gasteiger partial charge in [0.05, 0.1) is 6.61 Å². The first kappa shape index (κ1) is 12.7. The minimum atomic E-state index is -1.66. The first-order valence-corrected chi connectivity index (χ1v) is 8.76. The maximum absolute atomic E-state index is 11.2. The molecular formula is C7H19NO3Si2. The Kier molecular flexibility index (Phi) is 5.27. The molecule has 0 aliphatic rings. The molecule has 0 aromatic carbocycles. The molecule has 1 amide bonds.